The summed E-state index contributed by atoms with van der Waals surface area (Å²) in [5.74, 6) is 1.33. The van der Waals surface area contributed by atoms with Crippen LogP contribution >= 0.6 is 0 Å². The van der Waals surface area contributed by atoms with Gasteiger partial charge < -0.3 is 9.64 Å². The highest BCUT2D eigenvalue weighted by molar-refractivity contribution is 5.48. The SMILES string of the molecule is CC(C)[C@@H](C)c1ccc(N2CCOCC2)cc1. The molecule has 0 N–H and O–H groups in total. The van der Waals surface area contributed by atoms with Gasteiger partial charge in [0.25, 0.3) is 0 Å². The molecule has 0 aromatic heterocycles. The first kappa shape index (κ1) is 12.4. The van der Waals surface area contributed by atoms with E-state index in [1.165, 1.54) is 11.3 Å². The summed E-state index contributed by atoms with van der Waals surface area (Å²) < 4.78 is 5.37. The first-order valence-electron chi connectivity index (χ1n) is 6.61. The maximum atomic E-state index is 5.37. The molecule has 1 saturated heterocycles. The molecule has 17 heavy (non-hydrogen) atoms. The Balaban J connectivity index is 2.06. The van der Waals surface area contributed by atoms with Gasteiger partial charge in [0, 0.05) is 18.8 Å². The molecule has 0 radical (unpaired) electrons. The van der Waals surface area contributed by atoms with Crippen molar-refractivity contribution in [3.63, 3.8) is 0 Å². The Kier molecular flexibility index (Phi) is 4.06. The van der Waals surface area contributed by atoms with Crippen LogP contribution in [0, 0.1) is 5.92 Å². The van der Waals surface area contributed by atoms with Crippen molar-refractivity contribution in [2.24, 2.45) is 5.92 Å². The van der Waals surface area contributed by atoms with E-state index in [1.807, 2.05) is 0 Å². The van der Waals surface area contributed by atoms with Gasteiger partial charge in [-0.3, -0.25) is 0 Å². The van der Waals surface area contributed by atoms with Crippen molar-refractivity contribution < 1.29 is 4.74 Å². The van der Waals surface area contributed by atoms with Gasteiger partial charge in [0.05, 0.1) is 13.2 Å². The van der Waals surface area contributed by atoms with Gasteiger partial charge >= 0.3 is 0 Å². The minimum absolute atomic E-state index is 0.633. The second-order valence-electron chi connectivity index (χ2n) is 5.22. The molecule has 1 fully saturated rings. The van der Waals surface area contributed by atoms with Gasteiger partial charge in [-0.25, -0.2) is 0 Å². The van der Waals surface area contributed by atoms with E-state index in [4.69, 9.17) is 4.74 Å². The van der Waals surface area contributed by atoms with Crippen molar-refractivity contribution in [2.75, 3.05) is 31.2 Å². The molecule has 0 amide bonds. The Bertz CT molecular complexity index is 338. The van der Waals surface area contributed by atoms with Gasteiger partial charge in [0.15, 0.2) is 0 Å². The normalized spacial score (nSPS) is 18.5. The average Bonchev–Trinajstić information content (AvgIpc) is 2.39. The summed E-state index contributed by atoms with van der Waals surface area (Å²) in [6.07, 6.45) is 0. The minimum Gasteiger partial charge on any atom is -0.378 e. The highest BCUT2D eigenvalue weighted by Gasteiger charge is 2.13. The van der Waals surface area contributed by atoms with Crippen molar-refractivity contribution in [1.29, 1.82) is 0 Å². The lowest BCUT2D eigenvalue weighted by atomic mass is 9.90. The lowest BCUT2D eigenvalue weighted by molar-refractivity contribution is 0.122. The van der Waals surface area contributed by atoms with Crippen LogP contribution in [0.15, 0.2) is 24.3 Å². The van der Waals surface area contributed by atoms with Crippen LogP contribution in [0.3, 0.4) is 0 Å². The van der Waals surface area contributed by atoms with Gasteiger partial charge in [0.2, 0.25) is 0 Å². The van der Waals surface area contributed by atoms with Crippen LogP contribution in [0.5, 0.6) is 0 Å². The zero-order chi connectivity index (χ0) is 12.3. The number of hydrogen-bond acceptors (Lipinski definition) is 2. The van der Waals surface area contributed by atoms with E-state index in [2.05, 4.69) is 49.9 Å². The van der Waals surface area contributed by atoms with Crippen LogP contribution in [0.2, 0.25) is 0 Å². The standard InChI is InChI=1S/C15H23NO/c1-12(2)13(3)14-4-6-15(7-5-14)16-8-10-17-11-9-16/h4-7,12-13H,8-11H2,1-3H3/t13-/m1/s1. The molecule has 2 rings (SSSR count). The Morgan fingerprint density at radius 3 is 2.12 bits per heavy atom. The number of hydrogen-bond donors (Lipinski definition) is 0. The minimum atomic E-state index is 0.633. The highest BCUT2D eigenvalue weighted by Crippen LogP contribution is 2.26. The Hall–Kier alpha value is -1.02. The molecule has 1 atom stereocenters. The number of morpholine rings is 1. The largest absolute Gasteiger partial charge is 0.378 e. The second kappa shape index (κ2) is 5.54. The predicted octanol–water partition coefficient (Wildman–Crippen LogP) is 3.28. The first-order chi connectivity index (χ1) is 8.18. The third-order valence-corrected chi connectivity index (χ3v) is 3.80. The molecule has 1 aliphatic rings. The van der Waals surface area contributed by atoms with Crippen LogP contribution in [-0.4, -0.2) is 26.3 Å². The number of anilines is 1. The lowest BCUT2D eigenvalue weighted by Crippen LogP contribution is -2.36. The summed E-state index contributed by atoms with van der Waals surface area (Å²) in [6, 6.07) is 9.05. The molecule has 2 heteroatoms. The Morgan fingerprint density at radius 2 is 1.59 bits per heavy atom. The topological polar surface area (TPSA) is 12.5 Å². The summed E-state index contributed by atoms with van der Waals surface area (Å²) >= 11 is 0. The average molecular weight is 233 g/mol. The van der Waals surface area contributed by atoms with Gasteiger partial charge in [0.1, 0.15) is 0 Å². The smallest absolute Gasteiger partial charge is 0.0642 e. The van der Waals surface area contributed by atoms with E-state index in [0.29, 0.717) is 11.8 Å². The molecule has 1 heterocycles. The summed E-state index contributed by atoms with van der Waals surface area (Å²) in [5.41, 5.74) is 2.77. The molecule has 0 unspecified atom stereocenters. The van der Waals surface area contributed by atoms with E-state index in [0.717, 1.165) is 26.3 Å². The van der Waals surface area contributed by atoms with Crippen LogP contribution in [0.25, 0.3) is 0 Å². The summed E-state index contributed by atoms with van der Waals surface area (Å²) in [7, 11) is 0. The highest BCUT2D eigenvalue weighted by atomic mass is 16.5. The summed E-state index contributed by atoms with van der Waals surface area (Å²) in [4.78, 5) is 2.40. The zero-order valence-electron chi connectivity index (χ0n) is 11.1. The number of rotatable bonds is 3. The predicted molar refractivity (Wildman–Crippen MR) is 72.7 cm³/mol. The summed E-state index contributed by atoms with van der Waals surface area (Å²) in [6.45, 7) is 10.6. The molecule has 94 valence electrons. The third kappa shape index (κ3) is 3.01. The first-order valence-corrected chi connectivity index (χ1v) is 6.61. The second-order valence-corrected chi connectivity index (χ2v) is 5.22. The van der Waals surface area contributed by atoms with Gasteiger partial charge in [-0.1, -0.05) is 32.9 Å². The summed E-state index contributed by atoms with van der Waals surface area (Å²) in [5, 5.41) is 0. The fraction of sp³-hybridized carbons (Fsp3) is 0.600. The molecule has 0 bridgehead atoms. The lowest BCUT2D eigenvalue weighted by Gasteiger charge is -2.29. The maximum absolute atomic E-state index is 5.37. The van der Waals surface area contributed by atoms with Gasteiger partial charge in [-0.2, -0.15) is 0 Å². The molecule has 1 aromatic carbocycles. The molecule has 1 aromatic rings. The van der Waals surface area contributed by atoms with Crippen molar-refractivity contribution >= 4 is 5.69 Å². The van der Waals surface area contributed by atoms with E-state index in [9.17, 15) is 0 Å². The molecule has 1 aliphatic heterocycles. The molecular weight excluding hydrogens is 210 g/mol. The van der Waals surface area contributed by atoms with Crippen molar-refractivity contribution in [3.8, 4) is 0 Å². The van der Waals surface area contributed by atoms with Crippen molar-refractivity contribution in [3.05, 3.63) is 29.8 Å². The zero-order valence-corrected chi connectivity index (χ0v) is 11.1. The van der Waals surface area contributed by atoms with Crippen molar-refractivity contribution in [1.82, 2.24) is 0 Å². The van der Waals surface area contributed by atoms with Crippen LogP contribution in [-0.2, 0) is 4.74 Å². The van der Waals surface area contributed by atoms with Crippen LogP contribution < -0.4 is 4.90 Å². The Morgan fingerprint density at radius 1 is 1.00 bits per heavy atom. The quantitative estimate of drug-likeness (QED) is 0.794. The maximum Gasteiger partial charge on any atom is 0.0642 e. The van der Waals surface area contributed by atoms with Crippen LogP contribution in [0.1, 0.15) is 32.3 Å². The molecule has 0 aliphatic carbocycles. The Labute approximate surface area is 105 Å². The molecule has 0 saturated carbocycles. The number of nitrogens with zero attached hydrogens (tertiary/aromatic N) is 1. The van der Waals surface area contributed by atoms with Crippen LogP contribution in [0.4, 0.5) is 5.69 Å². The third-order valence-electron chi connectivity index (χ3n) is 3.80. The fourth-order valence-corrected chi connectivity index (χ4v) is 2.20. The number of benzene rings is 1. The van der Waals surface area contributed by atoms with E-state index in [1.54, 1.807) is 0 Å². The van der Waals surface area contributed by atoms with E-state index < -0.39 is 0 Å². The van der Waals surface area contributed by atoms with Crippen molar-refractivity contribution in [2.45, 2.75) is 26.7 Å². The van der Waals surface area contributed by atoms with Gasteiger partial charge in [-0.05, 0) is 29.5 Å². The van der Waals surface area contributed by atoms with E-state index >= 15 is 0 Å². The van der Waals surface area contributed by atoms with E-state index in [-0.39, 0.29) is 0 Å². The molecule has 0 spiro atoms. The fourth-order valence-electron chi connectivity index (χ4n) is 2.20. The molecule has 2 nitrogen and oxygen atoms in total. The monoisotopic (exact) mass is 233 g/mol. The number of ether oxygens (including phenoxy) is 1. The molecular formula is C15H23NO. The van der Waals surface area contributed by atoms with Gasteiger partial charge in [-0.15, -0.1) is 0 Å².